The summed E-state index contributed by atoms with van der Waals surface area (Å²) in [6.45, 7) is 2.70. The molecule has 1 aliphatic rings. The van der Waals surface area contributed by atoms with Gasteiger partial charge in [-0.3, -0.25) is 0 Å². The number of likely N-dealkylation sites (N-methyl/N-ethyl adjacent to an activating group) is 1. The molecule has 0 N–H and O–H groups in total. The predicted octanol–water partition coefficient (Wildman–Crippen LogP) is 6.74. The first kappa shape index (κ1) is 23.5. The number of hydrogen-bond donors (Lipinski definition) is 0. The van der Waals surface area contributed by atoms with Crippen LogP contribution in [0, 0.1) is 0 Å². The van der Waals surface area contributed by atoms with Crippen molar-refractivity contribution < 1.29 is 4.74 Å². The second kappa shape index (κ2) is 10.6. The van der Waals surface area contributed by atoms with Gasteiger partial charge in [0.15, 0.2) is 6.23 Å². The van der Waals surface area contributed by atoms with Crippen LogP contribution in [0.4, 0.5) is 0 Å². The predicted molar refractivity (Wildman–Crippen MR) is 147 cm³/mol. The SMILES string of the molecule is CN(Cc1ccccc1)CC(I)(Cc1ccccc1)c1ccc2c(cnn2C2CCCCO2)c1. The number of alkyl halides is 1. The minimum atomic E-state index is -0.0692. The summed E-state index contributed by atoms with van der Waals surface area (Å²) in [7, 11) is 2.22. The van der Waals surface area contributed by atoms with Gasteiger partial charge >= 0.3 is 0 Å². The number of hydrogen-bond acceptors (Lipinski definition) is 3. The second-order valence-electron chi connectivity index (χ2n) is 9.47. The summed E-state index contributed by atoms with van der Waals surface area (Å²) in [6.07, 6.45) is 6.41. The Balaban J connectivity index is 1.45. The first-order chi connectivity index (χ1) is 16.6. The van der Waals surface area contributed by atoms with E-state index in [1.54, 1.807) is 0 Å². The smallest absolute Gasteiger partial charge is 0.150 e. The van der Waals surface area contributed by atoms with Crippen LogP contribution in [-0.4, -0.2) is 34.9 Å². The van der Waals surface area contributed by atoms with Crippen molar-refractivity contribution in [3.63, 3.8) is 0 Å². The Morgan fingerprint density at radius 2 is 1.74 bits per heavy atom. The Hall–Kier alpha value is -2.22. The van der Waals surface area contributed by atoms with E-state index >= 15 is 0 Å². The van der Waals surface area contributed by atoms with Gasteiger partial charge in [0.25, 0.3) is 0 Å². The topological polar surface area (TPSA) is 30.3 Å². The summed E-state index contributed by atoms with van der Waals surface area (Å²) >= 11 is 2.69. The molecular weight excluding hydrogens is 533 g/mol. The summed E-state index contributed by atoms with van der Waals surface area (Å²) in [5, 5.41) is 5.91. The third-order valence-corrected chi connectivity index (χ3v) is 8.03. The minimum Gasteiger partial charge on any atom is -0.356 e. The molecule has 4 aromatic rings. The first-order valence-electron chi connectivity index (χ1n) is 12.2. The average Bonchev–Trinajstić information content (AvgIpc) is 3.29. The standard InChI is InChI=1S/C29H32IN3O/c1-32(21-24-12-6-3-7-13-24)22-29(30,19-23-10-4-2-5-11-23)26-15-16-27-25(18-26)20-31-33(27)28-14-8-9-17-34-28/h2-7,10-13,15-16,18,20,28H,8-9,14,17,19,21-22H2,1H3. The van der Waals surface area contributed by atoms with Gasteiger partial charge in [0.1, 0.15) is 0 Å². The van der Waals surface area contributed by atoms with Crippen molar-refractivity contribution in [1.82, 2.24) is 14.7 Å². The molecule has 1 saturated heterocycles. The van der Waals surface area contributed by atoms with E-state index in [2.05, 4.69) is 118 Å². The van der Waals surface area contributed by atoms with Crippen molar-refractivity contribution in [2.24, 2.45) is 0 Å². The van der Waals surface area contributed by atoms with Gasteiger partial charge in [-0.25, -0.2) is 4.68 Å². The van der Waals surface area contributed by atoms with Crippen molar-refractivity contribution in [2.45, 2.75) is 41.9 Å². The molecular formula is C29H32IN3O. The highest BCUT2D eigenvalue weighted by Crippen LogP contribution is 2.39. The van der Waals surface area contributed by atoms with Crippen LogP contribution in [0.5, 0.6) is 0 Å². The fourth-order valence-electron chi connectivity index (χ4n) is 5.03. The maximum atomic E-state index is 6.01. The van der Waals surface area contributed by atoms with E-state index in [0.29, 0.717) is 0 Å². The highest BCUT2D eigenvalue weighted by Gasteiger charge is 2.32. The van der Waals surface area contributed by atoms with Crippen LogP contribution in [0.3, 0.4) is 0 Å². The molecule has 0 amide bonds. The number of aromatic nitrogens is 2. The van der Waals surface area contributed by atoms with Gasteiger partial charge < -0.3 is 9.64 Å². The number of benzene rings is 3. The van der Waals surface area contributed by atoms with Gasteiger partial charge in [-0.15, -0.1) is 0 Å². The van der Waals surface area contributed by atoms with Crippen molar-refractivity contribution in [2.75, 3.05) is 20.2 Å². The average molecular weight is 565 g/mol. The number of nitrogens with zero attached hydrogens (tertiary/aromatic N) is 3. The highest BCUT2D eigenvalue weighted by atomic mass is 127. The van der Waals surface area contributed by atoms with Crippen molar-refractivity contribution in [3.05, 3.63) is 102 Å². The molecule has 0 spiro atoms. The van der Waals surface area contributed by atoms with Crippen molar-refractivity contribution >= 4 is 33.5 Å². The monoisotopic (exact) mass is 565 g/mol. The Labute approximate surface area is 216 Å². The van der Waals surface area contributed by atoms with Crippen LogP contribution in [0.25, 0.3) is 10.9 Å². The fourth-order valence-corrected chi connectivity index (χ4v) is 6.38. The van der Waals surface area contributed by atoms with Crippen LogP contribution >= 0.6 is 22.6 Å². The second-order valence-corrected chi connectivity index (χ2v) is 11.5. The van der Waals surface area contributed by atoms with Gasteiger partial charge in [-0.2, -0.15) is 5.10 Å². The Morgan fingerprint density at radius 3 is 2.44 bits per heavy atom. The third-order valence-electron chi connectivity index (χ3n) is 6.68. The lowest BCUT2D eigenvalue weighted by Gasteiger charge is -2.33. The molecule has 1 aromatic heterocycles. The van der Waals surface area contributed by atoms with Gasteiger partial charge in [-0.1, -0.05) is 89.3 Å². The number of fused-ring (bicyclic) bond motifs is 1. The zero-order valence-electron chi connectivity index (χ0n) is 19.7. The maximum absolute atomic E-state index is 6.01. The number of ether oxygens (including phenoxy) is 1. The van der Waals surface area contributed by atoms with E-state index in [1.165, 1.54) is 28.5 Å². The van der Waals surface area contributed by atoms with E-state index in [9.17, 15) is 0 Å². The summed E-state index contributed by atoms with van der Waals surface area (Å²) in [5.41, 5.74) is 5.20. The lowest BCUT2D eigenvalue weighted by atomic mass is 9.90. The van der Waals surface area contributed by atoms with E-state index in [0.717, 1.165) is 44.5 Å². The van der Waals surface area contributed by atoms with Gasteiger partial charge in [0.05, 0.1) is 15.1 Å². The van der Waals surface area contributed by atoms with Crippen LogP contribution in [-0.2, 0) is 21.1 Å². The van der Waals surface area contributed by atoms with Crippen LogP contribution in [0.1, 0.15) is 42.2 Å². The zero-order valence-corrected chi connectivity index (χ0v) is 21.9. The molecule has 0 bridgehead atoms. The summed E-state index contributed by atoms with van der Waals surface area (Å²) in [6, 6.07) is 28.4. The van der Waals surface area contributed by atoms with Crippen molar-refractivity contribution in [1.29, 1.82) is 0 Å². The van der Waals surface area contributed by atoms with Gasteiger partial charge in [-0.05, 0) is 61.6 Å². The summed E-state index contributed by atoms with van der Waals surface area (Å²) < 4.78 is 8.01. The molecule has 0 radical (unpaired) electrons. The molecule has 4 nitrogen and oxygen atoms in total. The quantitative estimate of drug-likeness (QED) is 0.175. The van der Waals surface area contributed by atoms with Crippen LogP contribution < -0.4 is 0 Å². The van der Waals surface area contributed by atoms with E-state index in [1.807, 2.05) is 6.20 Å². The lowest BCUT2D eigenvalue weighted by Crippen LogP contribution is -2.36. The molecule has 1 aliphatic heterocycles. The number of halogens is 1. The van der Waals surface area contributed by atoms with Gasteiger partial charge in [0.2, 0.25) is 0 Å². The molecule has 1 fully saturated rings. The molecule has 34 heavy (non-hydrogen) atoms. The van der Waals surface area contributed by atoms with Crippen LogP contribution in [0.2, 0.25) is 0 Å². The molecule has 2 unspecified atom stereocenters. The third kappa shape index (κ3) is 5.37. The molecule has 5 heteroatoms. The Morgan fingerprint density at radius 1 is 1.00 bits per heavy atom. The molecule has 176 valence electrons. The lowest BCUT2D eigenvalue weighted by molar-refractivity contribution is -0.0366. The van der Waals surface area contributed by atoms with Gasteiger partial charge in [0, 0.05) is 25.1 Å². The first-order valence-corrected chi connectivity index (χ1v) is 13.2. The summed E-state index contributed by atoms with van der Waals surface area (Å²) in [5.74, 6) is 0. The molecule has 2 atom stereocenters. The maximum Gasteiger partial charge on any atom is 0.150 e. The number of rotatable bonds is 8. The highest BCUT2D eigenvalue weighted by molar-refractivity contribution is 14.1. The zero-order chi connectivity index (χ0) is 23.4. The van der Waals surface area contributed by atoms with Crippen molar-refractivity contribution in [3.8, 4) is 0 Å². The molecule has 3 aromatic carbocycles. The van der Waals surface area contributed by atoms with E-state index in [4.69, 9.17) is 9.84 Å². The normalized spacial score (nSPS) is 18.3. The Kier molecular flexibility index (Phi) is 7.32. The molecule has 2 heterocycles. The van der Waals surface area contributed by atoms with Crippen LogP contribution in [0.15, 0.2) is 85.1 Å². The largest absolute Gasteiger partial charge is 0.356 e. The fraction of sp³-hybridized carbons (Fsp3) is 0.345. The molecule has 0 saturated carbocycles. The Bertz CT molecular complexity index is 1200. The summed E-state index contributed by atoms with van der Waals surface area (Å²) in [4.78, 5) is 2.44. The minimum absolute atomic E-state index is 0.0581. The van der Waals surface area contributed by atoms with E-state index in [-0.39, 0.29) is 9.65 Å². The van der Waals surface area contributed by atoms with E-state index < -0.39 is 0 Å². The molecule has 5 rings (SSSR count). The molecule has 0 aliphatic carbocycles.